The molecule has 0 aliphatic carbocycles. The van der Waals surface area contributed by atoms with Crippen LogP contribution in [0.2, 0.25) is 0 Å². The summed E-state index contributed by atoms with van der Waals surface area (Å²) >= 11 is 0. The number of piperazine rings is 1. The van der Waals surface area contributed by atoms with Crippen LogP contribution in [0.5, 0.6) is 5.75 Å². The second-order valence-electron chi connectivity index (χ2n) is 10.4. The minimum atomic E-state index is -0.213. The number of aromatic amines is 1. The summed E-state index contributed by atoms with van der Waals surface area (Å²) in [5.41, 5.74) is 4.34. The van der Waals surface area contributed by atoms with Crippen molar-refractivity contribution in [3.63, 3.8) is 0 Å². The van der Waals surface area contributed by atoms with E-state index >= 15 is 0 Å². The van der Waals surface area contributed by atoms with Gasteiger partial charge in [-0.1, -0.05) is 6.07 Å². The van der Waals surface area contributed by atoms with Gasteiger partial charge in [-0.25, -0.2) is 0 Å². The van der Waals surface area contributed by atoms with Gasteiger partial charge in [0.1, 0.15) is 12.4 Å². The summed E-state index contributed by atoms with van der Waals surface area (Å²) in [7, 11) is 2.15. The minimum absolute atomic E-state index is 0.213. The smallest absolute Gasteiger partial charge is 0.258 e. The van der Waals surface area contributed by atoms with E-state index < -0.39 is 0 Å². The van der Waals surface area contributed by atoms with Crippen LogP contribution >= 0.6 is 0 Å². The van der Waals surface area contributed by atoms with E-state index in [0.717, 1.165) is 80.1 Å². The van der Waals surface area contributed by atoms with Crippen molar-refractivity contribution in [2.24, 2.45) is 0 Å². The van der Waals surface area contributed by atoms with Crippen LogP contribution < -0.4 is 20.3 Å². The average molecular weight is 542 g/mol. The molecule has 2 aromatic carbocycles. The molecule has 40 heavy (non-hydrogen) atoms. The van der Waals surface area contributed by atoms with Gasteiger partial charge in [0.2, 0.25) is 0 Å². The Morgan fingerprint density at radius 2 is 1.95 bits per heavy atom. The zero-order chi connectivity index (χ0) is 27.3. The van der Waals surface area contributed by atoms with Crippen molar-refractivity contribution in [1.29, 1.82) is 0 Å². The molecule has 0 spiro atoms. The summed E-state index contributed by atoms with van der Waals surface area (Å²) in [6.07, 6.45) is 5.33. The molecule has 10 heteroatoms. The molecule has 4 aromatic rings. The zero-order valence-electron chi connectivity index (χ0n) is 22.7. The summed E-state index contributed by atoms with van der Waals surface area (Å²) in [4.78, 5) is 22.5. The van der Waals surface area contributed by atoms with E-state index in [9.17, 15) is 4.79 Å². The average Bonchev–Trinajstić information content (AvgIpc) is 3.39. The predicted octanol–water partition coefficient (Wildman–Crippen LogP) is 4.13. The molecule has 10 nitrogen and oxygen atoms in total. The molecule has 2 saturated heterocycles. The fraction of sp³-hybridized carbons (Fsp3) is 0.367. The molecule has 1 amide bonds. The zero-order valence-corrected chi connectivity index (χ0v) is 22.7. The fourth-order valence-electron chi connectivity index (χ4n) is 5.18. The molecular formula is C30H35N7O3. The number of ether oxygens (including phenoxy) is 2. The third-order valence-electron chi connectivity index (χ3n) is 7.59. The molecule has 0 radical (unpaired) electrons. The first-order valence-corrected chi connectivity index (χ1v) is 13.9. The van der Waals surface area contributed by atoms with Crippen LogP contribution in [-0.4, -0.2) is 78.5 Å². The lowest BCUT2D eigenvalue weighted by Gasteiger charge is -2.34. The van der Waals surface area contributed by atoms with E-state index in [1.165, 1.54) is 0 Å². The quantitative estimate of drug-likeness (QED) is 0.306. The summed E-state index contributed by atoms with van der Waals surface area (Å²) in [6.45, 7) is 5.81. The van der Waals surface area contributed by atoms with Gasteiger partial charge in [-0.05, 0) is 62.4 Å². The maximum Gasteiger partial charge on any atom is 0.258 e. The molecule has 2 aliphatic heterocycles. The Bertz CT molecular complexity index is 1440. The van der Waals surface area contributed by atoms with Gasteiger partial charge in [-0.2, -0.15) is 5.10 Å². The highest BCUT2D eigenvalue weighted by Crippen LogP contribution is 2.30. The van der Waals surface area contributed by atoms with E-state index in [1.54, 1.807) is 12.4 Å². The van der Waals surface area contributed by atoms with Crippen LogP contribution in [0.1, 0.15) is 28.8 Å². The predicted molar refractivity (Wildman–Crippen MR) is 156 cm³/mol. The Hall–Kier alpha value is -4.15. The highest BCUT2D eigenvalue weighted by Gasteiger charge is 2.22. The number of rotatable bonds is 8. The maximum atomic E-state index is 13.7. The number of nitrogens with zero attached hydrogens (tertiary/aromatic N) is 4. The van der Waals surface area contributed by atoms with Crippen molar-refractivity contribution in [2.45, 2.75) is 25.5 Å². The number of pyridine rings is 1. The molecule has 0 atom stereocenters. The number of hydrogen-bond donors (Lipinski definition) is 3. The van der Waals surface area contributed by atoms with Gasteiger partial charge in [-0.15, -0.1) is 0 Å². The molecule has 0 unspecified atom stereocenters. The number of H-pyrrole nitrogens is 1. The molecule has 2 aliphatic rings. The Morgan fingerprint density at radius 3 is 2.75 bits per heavy atom. The third-order valence-corrected chi connectivity index (χ3v) is 7.59. The number of anilines is 3. The van der Waals surface area contributed by atoms with Crippen LogP contribution in [0.25, 0.3) is 10.9 Å². The number of aromatic nitrogens is 3. The van der Waals surface area contributed by atoms with Crippen molar-refractivity contribution >= 4 is 34.0 Å². The van der Waals surface area contributed by atoms with Gasteiger partial charge >= 0.3 is 0 Å². The standard InChI is InChI=1S/C30H35N7O3/c1-36-11-13-37(14-12-36)23-4-6-25(28(17-23)32-22-8-15-39-16-9-22)30(38)33-29-26-18-24(5-7-27(26)34-35-29)40-20-21-3-2-10-31-19-21/h2-7,10,17-19,22,32H,8-9,11-16,20H2,1H3,(H2,33,34,35,38). The van der Waals surface area contributed by atoms with E-state index in [0.29, 0.717) is 23.7 Å². The van der Waals surface area contributed by atoms with Gasteiger partial charge in [0.15, 0.2) is 5.82 Å². The number of amides is 1. The van der Waals surface area contributed by atoms with Gasteiger partial charge in [0.05, 0.1) is 11.1 Å². The third kappa shape index (κ3) is 6.03. The van der Waals surface area contributed by atoms with Crippen molar-refractivity contribution in [3.05, 3.63) is 72.1 Å². The van der Waals surface area contributed by atoms with Gasteiger partial charge < -0.3 is 29.9 Å². The number of carbonyl (C=O) groups excluding carboxylic acids is 1. The lowest BCUT2D eigenvalue weighted by molar-refractivity contribution is 0.0904. The molecule has 0 saturated carbocycles. The molecule has 0 bridgehead atoms. The van der Waals surface area contributed by atoms with E-state index in [-0.39, 0.29) is 11.9 Å². The maximum absolute atomic E-state index is 13.7. The van der Waals surface area contributed by atoms with E-state index in [4.69, 9.17) is 9.47 Å². The number of likely N-dealkylation sites (N-methyl/N-ethyl adjacent to an activating group) is 1. The van der Waals surface area contributed by atoms with Crippen LogP contribution in [0.3, 0.4) is 0 Å². The first-order chi connectivity index (χ1) is 19.6. The molecule has 2 aromatic heterocycles. The highest BCUT2D eigenvalue weighted by atomic mass is 16.5. The number of benzene rings is 2. The van der Waals surface area contributed by atoms with Gasteiger partial charge in [0.25, 0.3) is 5.91 Å². The lowest BCUT2D eigenvalue weighted by Crippen LogP contribution is -2.44. The van der Waals surface area contributed by atoms with Gasteiger partial charge in [0, 0.05) is 80.2 Å². The fourth-order valence-corrected chi connectivity index (χ4v) is 5.18. The van der Waals surface area contributed by atoms with Crippen LogP contribution in [0.15, 0.2) is 60.9 Å². The largest absolute Gasteiger partial charge is 0.489 e. The summed E-state index contributed by atoms with van der Waals surface area (Å²) < 4.78 is 11.5. The minimum Gasteiger partial charge on any atom is -0.489 e. The van der Waals surface area contributed by atoms with Crippen LogP contribution in [-0.2, 0) is 11.3 Å². The Labute approximate surface area is 233 Å². The van der Waals surface area contributed by atoms with Crippen LogP contribution in [0, 0.1) is 0 Å². The molecule has 2 fully saturated rings. The number of nitrogens with one attached hydrogen (secondary N) is 3. The van der Waals surface area contributed by atoms with Crippen LogP contribution in [0.4, 0.5) is 17.2 Å². The Balaban J connectivity index is 1.22. The second kappa shape index (κ2) is 11.9. The topological polar surface area (TPSA) is 108 Å². The van der Waals surface area contributed by atoms with Crippen molar-refractivity contribution < 1.29 is 14.3 Å². The SMILES string of the molecule is CN1CCN(c2ccc(C(=O)Nc3n[nH]c4ccc(OCc5cccnc5)cc34)c(NC3CCOCC3)c2)CC1. The van der Waals surface area contributed by atoms with Gasteiger partial charge in [-0.3, -0.25) is 14.9 Å². The first kappa shape index (κ1) is 26.1. The second-order valence-corrected chi connectivity index (χ2v) is 10.4. The van der Waals surface area contributed by atoms with E-state index in [1.807, 2.05) is 42.5 Å². The molecular weight excluding hydrogens is 506 g/mol. The van der Waals surface area contributed by atoms with Crippen molar-refractivity contribution in [2.75, 3.05) is 62.0 Å². The summed E-state index contributed by atoms with van der Waals surface area (Å²) in [5, 5.41) is 14.9. The van der Waals surface area contributed by atoms with Crippen molar-refractivity contribution in [1.82, 2.24) is 20.1 Å². The highest BCUT2D eigenvalue weighted by molar-refractivity contribution is 6.11. The number of hydrogen-bond acceptors (Lipinski definition) is 8. The number of carbonyl (C=O) groups is 1. The Kier molecular flexibility index (Phi) is 7.78. The molecule has 208 valence electrons. The first-order valence-electron chi connectivity index (χ1n) is 13.9. The monoisotopic (exact) mass is 541 g/mol. The summed E-state index contributed by atoms with van der Waals surface area (Å²) in [5.74, 6) is 0.938. The number of fused-ring (bicyclic) bond motifs is 1. The normalized spacial score (nSPS) is 16.7. The molecule has 3 N–H and O–H groups in total. The summed E-state index contributed by atoms with van der Waals surface area (Å²) in [6, 6.07) is 15.9. The van der Waals surface area contributed by atoms with Crippen molar-refractivity contribution in [3.8, 4) is 5.75 Å². The molecule has 4 heterocycles. The molecule has 6 rings (SSSR count). The van der Waals surface area contributed by atoms with E-state index in [2.05, 4.69) is 48.7 Å². The Morgan fingerprint density at radius 1 is 1.10 bits per heavy atom. The lowest BCUT2D eigenvalue weighted by atomic mass is 10.1.